The van der Waals surface area contributed by atoms with Gasteiger partial charge >= 0.3 is 0 Å². The Morgan fingerprint density at radius 3 is 2.76 bits per heavy atom. The van der Waals surface area contributed by atoms with E-state index < -0.39 is 0 Å². The van der Waals surface area contributed by atoms with Gasteiger partial charge < -0.3 is 9.15 Å². The maximum atomic E-state index is 12.1. The molecule has 0 radical (unpaired) electrons. The largest absolute Gasteiger partial charge is 0.455 e. The van der Waals surface area contributed by atoms with E-state index in [0.29, 0.717) is 18.1 Å². The Morgan fingerprint density at radius 1 is 1.41 bits per heavy atom. The molecular formula is C13H14O3S. The van der Waals surface area contributed by atoms with Crippen LogP contribution in [0.2, 0.25) is 0 Å². The number of methoxy groups -OCH3 is 1. The molecule has 0 aliphatic carbocycles. The second-order valence-corrected chi connectivity index (χ2v) is 5.13. The molecule has 0 fully saturated rings. The molecule has 0 aliphatic heterocycles. The van der Waals surface area contributed by atoms with Gasteiger partial charge in [0.2, 0.25) is 5.78 Å². The van der Waals surface area contributed by atoms with Gasteiger partial charge in [-0.15, -0.1) is 11.3 Å². The number of hydrogen-bond acceptors (Lipinski definition) is 4. The third-order valence-electron chi connectivity index (χ3n) is 2.56. The zero-order chi connectivity index (χ0) is 12.4. The maximum absolute atomic E-state index is 12.1. The highest BCUT2D eigenvalue weighted by molar-refractivity contribution is 7.14. The molecule has 0 atom stereocenters. The summed E-state index contributed by atoms with van der Waals surface area (Å²) >= 11 is 1.50. The fourth-order valence-electron chi connectivity index (χ4n) is 1.53. The van der Waals surface area contributed by atoms with Crippen molar-refractivity contribution in [3.8, 4) is 0 Å². The second-order valence-electron chi connectivity index (χ2n) is 3.88. The fourth-order valence-corrected chi connectivity index (χ4v) is 2.51. The van der Waals surface area contributed by atoms with Crippen molar-refractivity contribution in [2.75, 3.05) is 7.11 Å². The number of carbonyl (C=O) groups is 1. The Labute approximate surface area is 104 Å². The molecule has 0 unspecified atom stereocenters. The van der Waals surface area contributed by atoms with Gasteiger partial charge in [0, 0.05) is 12.0 Å². The van der Waals surface area contributed by atoms with E-state index in [1.165, 1.54) is 11.3 Å². The minimum Gasteiger partial charge on any atom is -0.455 e. The van der Waals surface area contributed by atoms with Gasteiger partial charge in [-0.1, -0.05) is 0 Å². The van der Waals surface area contributed by atoms with Gasteiger partial charge in [0.15, 0.2) is 5.76 Å². The van der Waals surface area contributed by atoms with E-state index in [9.17, 15) is 4.79 Å². The number of ketones is 1. The molecule has 2 aromatic heterocycles. The molecule has 0 aliphatic rings. The van der Waals surface area contributed by atoms with Crippen LogP contribution in [0, 0.1) is 13.8 Å². The number of carbonyl (C=O) groups excluding carboxylic acids is 1. The third-order valence-corrected chi connectivity index (χ3v) is 3.71. The number of hydrogen-bond donors (Lipinski definition) is 0. The Bertz CT molecular complexity index is 517. The van der Waals surface area contributed by atoms with Crippen LogP contribution in [0.4, 0.5) is 0 Å². The average molecular weight is 250 g/mol. The molecule has 0 amide bonds. The van der Waals surface area contributed by atoms with Crippen molar-refractivity contribution in [1.82, 2.24) is 0 Å². The molecule has 0 spiro atoms. The highest BCUT2D eigenvalue weighted by atomic mass is 32.1. The molecule has 0 bridgehead atoms. The van der Waals surface area contributed by atoms with Crippen LogP contribution in [0.5, 0.6) is 0 Å². The van der Waals surface area contributed by atoms with Crippen LogP contribution < -0.4 is 0 Å². The van der Waals surface area contributed by atoms with Crippen LogP contribution in [0.1, 0.15) is 31.6 Å². The summed E-state index contributed by atoms with van der Waals surface area (Å²) in [6.45, 7) is 4.39. The molecule has 2 heterocycles. The van der Waals surface area contributed by atoms with Crippen LogP contribution in [-0.4, -0.2) is 12.9 Å². The van der Waals surface area contributed by atoms with Gasteiger partial charge in [0.1, 0.15) is 12.4 Å². The number of thiophene rings is 1. The molecule has 4 heteroatoms. The number of ether oxygens (including phenoxy) is 1. The first-order valence-electron chi connectivity index (χ1n) is 5.31. The minimum atomic E-state index is -0.0615. The fraction of sp³-hybridized carbons (Fsp3) is 0.308. The Morgan fingerprint density at radius 2 is 2.18 bits per heavy atom. The van der Waals surface area contributed by atoms with Crippen LogP contribution in [0.25, 0.3) is 0 Å². The lowest BCUT2D eigenvalue weighted by Crippen LogP contribution is -1.96. The SMILES string of the molecule is COCc1ccc(C(=O)c2cc(C)c(C)s2)o1. The number of furan rings is 1. The highest BCUT2D eigenvalue weighted by Crippen LogP contribution is 2.24. The number of rotatable bonds is 4. The molecule has 2 aromatic rings. The van der Waals surface area contributed by atoms with Crippen LogP contribution in [0.3, 0.4) is 0 Å². The van der Waals surface area contributed by atoms with Crippen molar-refractivity contribution >= 4 is 17.1 Å². The quantitative estimate of drug-likeness (QED) is 0.781. The van der Waals surface area contributed by atoms with Crippen molar-refractivity contribution in [2.24, 2.45) is 0 Å². The molecule has 0 saturated heterocycles. The normalized spacial score (nSPS) is 10.8. The predicted octanol–water partition coefficient (Wildman–Crippen LogP) is 3.34. The van der Waals surface area contributed by atoms with Gasteiger partial charge in [0.05, 0.1) is 4.88 Å². The summed E-state index contributed by atoms with van der Waals surface area (Å²) < 4.78 is 10.4. The Kier molecular flexibility index (Phi) is 3.45. The second kappa shape index (κ2) is 4.85. The van der Waals surface area contributed by atoms with Crippen molar-refractivity contribution in [2.45, 2.75) is 20.5 Å². The summed E-state index contributed by atoms with van der Waals surface area (Å²) in [5, 5.41) is 0. The van der Waals surface area contributed by atoms with Crippen LogP contribution in [-0.2, 0) is 11.3 Å². The van der Waals surface area contributed by atoms with Crippen molar-refractivity contribution in [3.63, 3.8) is 0 Å². The lowest BCUT2D eigenvalue weighted by Gasteiger charge is -1.94. The van der Waals surface area contributed by atoms with Gasteiger partial charge in [0.25, 0.3) is 0 Å². The van der Waals surface area contributed by atoms with Crippen LogP contribution >= 0.6 is 11.3 Å². The van der Waals surface area contributed by atoms with E-state index in [0.717, 1.165) is 15.3 Å². The Hall–Kier alpha value is -1.39. The van der Waals surface area contributed by atoms with Gasteiger partial charge in [-0.3, -0.25) is 4.79 Å². The summed E-state index contributed by atoms with van der Waals surface area (Å²) in [6, 6.07) is 5.37. The van der Waals surface area contributed by atoms with E-state index in [2.05, 4.69) is 0 Å². The average Bonchev–Trinajstić information content (AvgIpc) is 2.87. The third kappa shape index (κ3) is 2.48. The predicted molar refractivity (Wildman–Crippen MR) is 66.6 cm³/mol. The summed E-state index contributed by atoms with van der Waals surface area (Å²) in [4.78, 5) is 14.0. The molecule has 17 heavy (non-hydrogen) atoms. The first kappa shape index (κ1) is 12.1. The van der Waals surface area contributed by atoms with Crippen molar-refractivity contribution in [1.29, 1.82) is 0 Å². The van der Waals surface area contributed by atoms with E-state index in [1.807, 2.05) is 19.9 Å². The summed E-state index contributed by atoms with van der Waals surface area (Å²) in [7, 11) is 1.59. The monoisotopic (exact) mass is 250 g/mol. The maximum Gasteiger partial charge on any atom is 0.238 e. The zero-order valence-electron chi connectivity index (χ0n) is 10.1. The summed E-state index contributed by atoms with van der Waals surface area (Å²) in [6.07, 6.45) is 0. The molecule has 0 N–H and O–H groups in total. The minimum absolute atomic E-state index is 0.0615. The lowest BCUT2D eigenvalue weighted by molar-refractivity contribution is 0.100. The summed E-state index contributed by atoms with van der Waals surface area (Å²) in [5.41, 5.74) is 1.14. The van der Waals surface area contributed by atoms with E-state index in [4.69, 9.17) is 9.15 Å². The van der Waals surface area contributed by atoms with Crippen molar-refractivity contribution < 1.29 is 13.9 Å². The van der Waals surface area contributed by atoms with Gasteiger partial charge in [-0.2, -0.15) is 0 Å². The molecular weight excluding hydrogens is 236 g/mol. The van der Waals surface area contributed by atoms with Gasteiger partial charge in [-0.05, 0) is 37.6 Å². The number of aryl methyl sites for hydroxylation is 2. The van der Waals surface area contributed by atoms with Crippen molar-refractivity contribution in [3.05, 3.63) is 45.0 Å². The Balaban J connectivity index is 2.24. The first-order chi connectivity index (χ1) is 8.11. The molecule has 0 aromatic carbocycles. The standard InChI is InChI=1S/C13H14O3S/c1-8-6-12(17-9(8)2)13(14)11-5-4-10(16-11)7-15-3/h4-6H,7H2,1-3H3. The molecule has 2 rings (SSSR count). The first-order valence-corrected chi connectivity index (χ1v) is 6.13. The molecule has 3 nitrogen and oxygen atoms in total. The van der Waals surface area contributed by atoms with Gasteiger partial charge in [-0.25, -0.2) is 0 Å². The smallest absolute Gasteiger partial charge is 0.238 e. The molecule has 90 valence electrons. The summed E-state index contributed by atoms with van der Waals surface area (Å²) in [5.74, 6) is 0.979. The molecule has 0 saturated carbocycles. The van der Waals surface area contributed by atoms with E-state index in [1.54, 1.807) is 19.2 Å². The lowest BCUT2D eigenvalue weighted by atomic mass is 10.2. The topological polar surface area (TPSA) is 39.4 Å². The highest BCUT2D eigenvalue weighted by Gasteiger charge is 2.16. The van der Waals surface area contributed by atoms with E-state index >= 15 is 0 Å². The van der Waals surface area contributed by atoms with E-state index in [-0.39, 0.29) is 5.78 Å². The zero-order valence-corrected chi connectivity index (χ0v) is 10.9. The van der Waals surface area contributed by atoms with Crippen LogP contribution in [0.15, 0.2) is 22.6 Å².